The summed E-state index contributed by atoms with van der Waals surface area (Å²) in [4.78, 5) is 4.03. The van der Waals surface area contributed by atoms with Gasteiger partial charge >= 0.3 is 58.4 Å². The van der Waals surface area contributed by atoms with Crippen molar-refractivity contribution in [2.24, 2.45) is 0 Å². The summed E-state index contributed by atoms with van der Waals surface area (Å²) in [5.74, 6) is 0. The van der Waals surface area contributed by atoms with E-state index in [0.717, 1.165) is 18.7 Å². The summed E-state index contributed by atoms with van der Waals surface area (Å²) in [6, 6.07) is 9.69. The molecule has 0 N–H and O–H groups in total. The van der Waals surface area contributed by atoms with Gasteiger partial charge in [0, 0.05) is 25.7 Å². The minimum absolute atomic E-state index is 0. The first-order valence-electron chi connectivity index (χ1n) is 6.73. The summed E-state index contributed by atoms with van der Waals surface area (Å²) >= 11 is 0. The van der Waals surface area contributed by atoms with Crippen LogP contribution in [0.4, 0.5) is 12.9 Å². The van der Waals surface area contributed by atoms with E-state index in [4.69, 9.17) is 0 Å². The van der Waals surface area contributed by atoms with E-state index < -0.39 is 12.4 Å². The molecule has 0 spiro atoms. The van der Waals surface area contributed by atoms with Crippen LogP contribution in [0.25, 0.3) is 0 Å². The van der Waals surface area contributed by atoms with Crippen molar-refractivity contribution in [3.05, 3.63) is 47.9 Å². The predicted octanol–water partition coefficient (Wildman–Crippen LogP) is -0.0781. The Kier molecular flexibility index (Phi) is 7.66. The number of halogens is 3. The smallest absolute Gasteiger partial charge is 0.445 e. The number of hydrogen-bond donors (Lipinski definition) is 0. The molecular formula is C14H19BF3KN2. The molecule has 0 saturated carbocycles. The maximum Gasteiger partial charge on any atom is 1.00 e. The average Bonchev–Trinajstić information content (AvgIpc) is 2.40. The summed E-state index contributed by atoms with van der Waals surface area (Å²) < 4.78 is 38.2. The molecule has 1 unspecified atom stereocenters. The quantitative estimate of drug-likeness (QED) is 0.716. The van der Waals surface area contributed by atoms with E-state index in [9.17, 15) is 12.9 Å². The zero-order valence-electron chi connectivity index (χ0n) is 12.6. The molecule has 0 bridgehead atoms. The molecule has 2 nitrogen and oxygen atoms in total. The molecule has 1 aromatic carbocycles. The summed E-state index contributed by atoms with van der Waals surface area (Å²) in [6.07, 6.45) is 0. The Balaban J connectivity index is 0.00000220. The van der Waals surface area contributed by atoms with Crippen LogP contribution in [0.5, 0.6) is 0 Å². The number of likely N-dealkylation sites (N-methyl/N-ethyl adjacent to an activating group) is 1. The van der Waals surface area contributed by atoms with E-state index >= 15 is 0 Å². The third kappa shape index (κ3) is 5.50. The van der Waals surface area contributed by atoms with Gasteiger partial charge in [-0.15, -0.1) is 12.1 Å². The molecule has 0 aromatic heterocycles. The summed E-state index contributed by atoms with van der Waals surface area (Å²) in [5.41, 5.74) is 0.442. The SMILES string of the molecule is C=C(CN1CCN(C)CC1c1ccccc1)[B-](F)(F)F.[K+]. The second-order valence-electron chi connectivity index (χ2n) is 5.39. The van der Waals surface area contributed by atoms with E-state index in [0.29, 0.717) is 6.54 Å². The Hall–Kier alpha value is 0.371. The average molecular weight is 322 g/mol. The first-order valence-corrected chi connectivity index (χ1v) is 6.73. The van der Waals surface area contributed by atoms with Gasteiger partial charge in [0.2, 0.25) is 0 Å². The van der Waals surface area contributed by atoms with Crippen molar-refractivity contribution < 1.29 is 64.3 Å². The minimum atomic E-state index is -4.96. The number of piperazine rings is 1. The fraction of sp³-hybridized carbons (Fsp3) is 0.429. The van der Waals surface area contributed by atoms with Crippen molar-refractivity contribution in [3.8, 4) is 0 Å². The molecule has 0 aliphatic carbocycles. The van der Waals surface area contributed by atoms with Crippen molar-refractivity contribution in [2.45, 2.75) is 6.04 Å². The van der Waals surface area contributed by atoms with Crippen LogP contribution in [0.1, 0.15) is 11.6 Å². The van der Waals surface area contributed by atoms with Crippen LogP contribution in [-0.4, -0.2) is 50.0 Å². The molecule has 110 valence electrons. The largest absolute Gasteiger partial charge is 1.00 e. The minimum Gasteiger partial charge on any atom is -0.445 e. The van der Waals surface area contributed by atoms with E-state index in [1.165, 1.54) is 0 Å². The van der Waals surface area contributed by atoms with Crippen molar-refractivity contribution >= 4 is 6.98 Å². The van der Waals surface area contributed by atoms with E-state index in [-0.39, 0.29) is 64.0 Å². The van der Waals surface area contributed by atoms with Crippen LogP contribution < -0.4 is 51.4 Å². The Morgan fingerprint density at radius 1 is 1.24 bits per heavy atom. The number of benzene rings is 1. The second kappa shape index (κ2) is 8.29. The van der Waals surface area contributed by atoms with Gasteiger partial charge in [-0.1, -0.05) is 30.3 Å². The Morgan fingerprint density at radius 3 is 2.43 bits per heavy atom. The van der Waals surface area contributed by atoms with Gasteiger partial charge in [0.05, 0.1) is 0 Å². The fourth-order valence-electron chi connectivity index (χ4n) is 2.50. The second-order valence-corrected chi connectivity index (χ2v) is 5.39. The molecule has 7 heteroatoms. The fourth-order valence-corrected chi connectivity index (χ4v) is 2.50. The van der Waals surface area contributed by atoms with Crippen molar-refractivity contribution in [1.29, 1.82) is 0 Å². The molecule has 2 rings (SSSR count). The van der Waals surface area contributed by atoms with Crippen molar-refractivity contribution in [1.82, 2.24) is 9.80 Å². The standard InChI is InChI=1S/C14H19BF3N2.K/c1-12(15(16,17)18)10-20-9-8-19(2)11-14(20)13-6-4-3-5-7-13;/h3-7,14H,1,8-11H2,2H3;/q-1;+1. The van der Waals surface area contributed by atoms with Crippen molar-refractivity contribution in [2.75, 3.05) is 33.2 Å². The van der Waals surface area contributed by atoms with Crippen LogP contribution in [0.15, 0.2) is 42.4 Å². The first kappa shape index (κ1) is 19.4. The van der Waals surface area contributed by atoms with Gasteiger partial charge in [-0.3, -0.25) is 4.90 Å². The van der Waals surface area contributed by atoms with Gasteiger partial charge in [-0.2, -0.15) is 0 Å². The Labute approximate surface area is 166 Å². The molecule has 1 heterocycles. The van der Waals surface area contributed by atoms with Crippen molar-refractivity contribution in [3.63, 3.8) is 0 Å². The summed E-state index contributed by atoms with van der Waals surface area (Å²) in [6.45, 7) is 0.301. The van der Waals surface area contributed by atoms with Gasteiger partial charge in [-0.05, 0) is 19.2 Å². The Morgan fingerprint density at radius 2 is 1.86 bits per heavy atom. The molecule has 0 radical (unpaired) electrons. The van der Waals surface area contributed by atoms with Gasteiger partial charge in [0.15, 0.2) is 0 Å². The van der Waals surface area contributed by atoms with Crippen LogP contribution in [0.2, 0.25) is 0 Å². The molecule has 0 amide bonds. The molecule has 21 heavy (non-hydrogen) atoms. The molecule has 1 saturated heterocycles. The van der Waals surface area contributed by atoms with Crippen LogP contribution in [0, 0.1) is 0 Å². The van der Waals surface area contributed by atoms with E-state index in [2.05, 4.69) is 11.5 Å². The zero-order chi connectivity index (χ0) is 14.8. The Bertz CT molecular complexity index is 467. The normalized spacial score (nSPS) is 20.9. The molecule has 1 aliphatic heterocycles. The zero-order valence-corrected chi connectivity index (χ0v) is 15.7. The number of hydrogen-bond acceptors (Lipinski definition) is 2. The van der Waals surface area contributed by atoms with Gasteiger partial charge in [-0.25, -0.2) is 0 Å². The molecule has 1 fully saturated rings. The molecule has 1 aromatic rings. The maximum absolute atomic E-state index is 12.7. The van der Waals surface area contributed by atoms with Gasteiger partial charge in [0.25, 0.3) is 0 Å². The van der Waals surface area contributed by atoms with Crippen LogP contribution in [-0.2, 0) is 0 Å². The summed E-state index contributed by atoms with van der Waals surface area (Å²) in [5, 5.41) is 0. The van der Waals surface area contributed by atoms with E-state index in [1.54, 1.807) is 0 Å². The summed E-state index contributed by atoms with van der Waals surface area (Å²) in [7, 11) is 2.00. The molecule has 1 aliphatic rings. The van der Waals surface area contributed by atoms with E-state index in [1.807, 2.05) is 42.3 Å². The van der Waals surface area contributed by atoms with Gasteiger partial charge in [0.1, 0.15) is 0 Å². The predicted molar refractivity (Wildman–Crippen MR) is 76.5 cm³/mol. The van der Waals surface area contributed by atoms with Crippen LogP contribution in [0.3, 0.4) is 0 Å². The topological polar surface area (TPSA) is 6.48 Å². The molecular weight excluding hydrogens is 303 g/mol. The maximum atomic E-state index is 12.7. The van der Waals surface area contributed by atoms with Gasteiger partial charge < -0.3 is 17.8 Å². The third-order valence-electron chi connectivity index (χ3n) is 3.75. The number of rotatable bonds is 4. The number of nitrogens with zero attached hydrogens (tertiary/aromatic N) is 2. The third-order valence-corrected chi connectivity index (χ3v) is 3.75. The first-order chi connectivity index (χ1) is 9.38. The monoisotopic (exact) mass is 322 g/mol. The van der Waals surface area contributed by atoms with Crippen LogP contribution >= 0.6 is 0 Å². The molecule has 1 atom stereocenters.